The molecule has 47 heavy (non-hydrogen) atoms. The van der Waals surface area contributed by atoms with E-state index in [2.05, 4.69) is 161 Å². The minimum absolute atomic E-state index is 0.0269. The van der Waals surface area contributed by atoms with Gasteiger partial charge < -0.3 is 9.80 Å². The van der Waals surface area contributed by atoms with Gasteiger partial charge >= 0.3 is 0 Å². The second-order valence-electron chi connectivity index (χ2n) is 13.9. The summed E-state index contributed by atoms with van der Waals surface area (Å²) in [5.74, 6) is 0. The van der Waals surface area contributed by atoms with Crippen molar-refractivity contribution in [1.29, 1.82) is 0 Å². The van der Waals surface area contributed by atoms with Crippen LogP contribution in [0.15, 0.2) is 84.9 Å². The SMILES string of the molecule is CCCCCCC1(CCCCCC)c2ccccc2-c2c(/C=C/c3ccc(N(C)C)cc3)ccc(/C=C/c3ccc(N(C)C)cc3)c21. The van der Waals surface area contributed by atoms with E-state index in [0.29, 0.717) is 0 Å². The molecule has 5 rings (SSSR count). The summed E-state index contributed by atoms with van der Waals surface area (Å²) >= 11 is 0. The fourth-order valence-corrected chi connectivity index (χ4v) is 7.46. The first-order valence-electron chi connectivity index (χ1n) is 18.1. The molecule has 1 aliphatic carbocycles. The molecule has 0 heterocycles. The molecule has 0 atom stereocenters. The fourth-order valence-electron chi connectivity index (χ4n) is 7.46. The third-order valence-corrected chi connectivity index (χ3v) is 10.1. The van der Waals surface area contributed by atoms with Crippen molar-refractivity contribution in [2.75, 3.05) is 38.0 Å². The Morgan fingerprint density at radius 2 is 1.00 bits per heavy atom. The van der Waals surface area contributed by atoms with Gasteiger partial charge in [0.05, 0.1) is 0 Å². The predicted octanol–water partition coefficient (Wildman–Crippen LogP) is 12.4. The molecule has 2 nitrogen and oxygen atoms in total. The van der Waals surface area contributed by atoms with Gasteiger partial charge in [-0.15, -0.1) is 0 Å². The van der Waals surface area contributed by atoms with Gasteiger partial charge in [0.2, 0.25) is 0 Å². The highest BCUT2D eigenvalue weighted by Crippen LogP contribution is 2.57. The van der Waals surface area contributed by atoms with Crippen LogP contribution >= 0.6 is 0 Å². The van der Waals surface area contributed by atoms with Gasteiger partial charge in [-0.2, -0.15) is 0 Å². The molecule has 0 bridgehead atoms. The molecule has 1 aliphatic rings. The van der Waals surface area contributed by atoms with Gasteiger partial charge in [-0.3, -0.25) is 0 Å². The van der Waals surface area contributed by atoms with E-state index in [1.807, 2.05) is 0 Å². The number of unbranched alkanes of at least 4 members (excludes halogenated alkanes) is 6. The van der Waals surface area contributed by atoms with Crippen molar-refractivity contribution < 1.29 is 0 Å². The Labute approximate surface area is 285 Å². The number of hydrogen-bond acceptors (Lipinski definition) is 2. The highest BCUT2D eigenvalue weighted by molar-refractivity contribution is 5.93. The zero-order chi connectivity index (χ0) is 33.2. The van der Waals surface area contributed by atoms with Crippen molar-refractivity contribution in [1.82, 2.24) is 0 Å². The molecule has 0 unspecified atom stereocenters. The minimum Gasteiger partial charge on any atom is -0.378 e. The van der Waals surface area contributed by atoms with Crippen molar-refractivity contribution in [3.05, 3.63) is 118 Å². The average Bonchev–Trinajstić information content (AvgIpc) is 3.38. The molecule has 0 radical (unpaired) electrons. The fraction of sp³-hybridized carbons (Fsp3) is 0.378. The molecule has 2 heteroatoms. The maximum Gasteiger partial charge on any atom is 0.0361 e. The Morgan fingerprint density at radius 1 is 0.511 bits per heavy atom. The van der Waals surface area contributed by atoms with Crippen LogP contribution in [0.25, 0.3) is 35.4 Å². The first-order valence-corrected chi connectivity index (χ1v) is 18.1. The maximum absolute atomic E-state index is 2.45. The summed E-state index contributed by atoms with van der Waals surface area (Å²) in [6.45, 7) is 4.64. The van der Waals surface area contributed by atoms with Gasteiger partial charge in [-0.05, 0) is 81.6 Å². The number of anilines is 2. The largest absolute Gasteiger partial charge is 0.378 e. The summed E-state index contributed by atoms with van der Waals surface area (Å²) < 4.78 is 0. The third kappa shape index (κ3) is 7.92. The summed E-state index contributed by atoms with van der Waals surface area (Å²) in [6, 6.07) is 31.9. The molecule has 0 aromatic heterocycles. The molecule has 0 saturated carbocycles. The highest BCUT2D eigenvalue weighted by atomic mass is 15.1. The van der Waals surface area contributed by atoms with Gasteiger partial charge in [0.25, 0.3) is 0 Å². The lowest BCUT2D eigenvalue weighted by Gasteiger charge is -2.34. The van der Waals surface area contributed by atoms with Gasteiger partial charge in [-0.1, -0.05) is 150 Å². The second kappa shape index (κ2) is 16.2. The summed E-state index contributed by atoms with van der Waals surface area (Å²) in [4.78, 5) is 4.31. The second-order valence-corrected chi connectivity index (χ2v) is 13.9. The molecule has 4 aromatic carbocycles. The lowest BCUT2D eigenvalue weighted by atomic mass is 9.69. The van der Waals surface area contributed by atoms with E-state index in [1.165, 1.54) is 109 Å². The highest BCUT2D eigenvalue weighted by Gasteiger charge is 2.44. The number of benzene rings is 4. The predicted molar refractivity (Wildman–Crippen MR) is 210 cm³/mol. The lowest BCUT2D eigenvalue weighted by Crippen LogP contribution is -2.26. The van der Waals surface area contributed by atoms with Crippen LogP contribution in [0.2, 0.25) is 0 Å². The molecular formula is C45H56N2. The lowest BCUT2D eigenvalue weighted by molar-refractivity contribution is 0.400. The van der Waals surface area contributed by atoms with E-state index in [-0.39, 0.29) is 5.41 Å². The molecule has 0 saturated heterocycles. The summed E-state index contributed by atoms with van der Waals surface area (Å²) in [5.41, 5.74) is 13.6. The zero-order valence-corrected chi connectivity index (χ0v) is 29.9. The summed E-state index contributed by atoms with van der Waals surface area (Å²) in [7, 11) is 8.39. The standard InChI is InChI=1S/C45H56N2/c1-7-9-11-15-33-45(34-16-12-10-8-2)42-18-14-13-17-41(42)43-37(25-19-35-21-29-39(30-22-35)46(3)4)27-28-38(44(43)45)26-20-36-23-31-40(32-24-36)47(5)6/h13-14,17-32H,7-12,15-16,33-34H2,1-6H3/b25-19+,26-20+. The smallest absolute Gasteiger partial charge is 0.0361 e. The summed E-state index contributed by atoms with van der Waals surface area (Å²) in [6.07, 6.45) is 22.1. The maximum atomic E-state index is 2.45. The monoisotopic (exact) mass is 624 g/mol. The number of hydrogen-bond donors (Lipinski definition) is 0. The van der Waals surface area contributed by atoms with Crippen molar-refractivity contribution >= 4 is 35.7 Å². The van der Waals surface area contributed by atoms with E-state index in [9.17, 15) is 0 Å². The van der Waals surface area contributed by atoms with Crippen LogP contribution in [-0.2, 0) is 5.41 Å². The van der Waals surface area contributed by atoms with E-state index in [4.69, 9.17) is 0 Å². The zero-order valence-electron chi connectivity index (χ0n) is 29.9. The van der Waals surface area contributed by atoms with Gasteiger partial charge in [0.15, 0.2) is 0 Å². The molecule has 0 aliphatic heterocycles. The van der Waals surface area contributed by atoms with E-state index in [1.54, 1.807) is 11.1 Å². The van der Waals surface area contributed by atoms with E-state index < -0.39 is 0 Å². The minimum atomic E-state index is 0.0269. The quantitative estimate of drug-likeness (QED) is 0.0904. The molecule has 246 valence electrons. The molecular weight excluding hydrogens is 569 g/mol. The molecule has 4 aromatic rings. The van der Waals surface area contributed by atoms with Crippen LogP contribution in [0.1, 0.15) is 111 Å². The number of rotatable bonds is 16. The van der Waals surface area contributed by atoms with E-state index >= 15 is 0 Å². The van der Waals surface area contributed by atoms with Gasteiger partial charge in [0, 0.05) is 45.0 Å². The van der Waals surface area contributed by atoms with Gasteiger partial charge in [-0.25, -0.2) is 0 Å². The Hall–Kier alpha value is -4.04. The average molecular weight is 625 g/mol. The Morgan fingerprint density at radius 3 is 1.51 bits per heavy atom. The van der Waals surface area contributed by atoms with Crippen molar-refractivity contribution in [2.45, 2.75) is 83.5 Å². The van der Waals surface area contributed by atoms with Crippen LogP contribution in [0.4, 0.5) is 11.4 Å². The molecule has 0 fully saturated rings. The van der Waals surface area contributed by atoms with E-state index in [0.717, 1.165) is 0 Å². The van der Waals surface area contributed by atoms with Crippen LogP contribution in [-0.4, -0.2) is 28.2 Å². The van der Waals surface area contributed by atoms with Crippen LogP contribution in [0, 0.1) is 0 Å². The summed E-state index contributed by atoms with van der Waals surface area (Å²) in [5, 5.41) is 0. The number of fused-ring (bicyclic) bond motifs is 3. The van der Waals surface area contributed by atoms with Crippen LogP contribution in [0.3, 0.4) is 0 Å². The van der Waals surface area contributed by atoms with Crippen LogP contribution < -0.4 is 9.80 Å². The van der Waals surface area contributed by atoms with Crippen LogP contribution in [0.5, 0.6) is 0 Å². The molecule has 0 N–H and O–H groups in total. The van der Waals surface area contributed by atoms with Crippen molar-refractivity contribution in [2.24, 2.45) is 0 Å². The first-order chi connectivity index (χ1) is 22.9. The van der Waals surface area contributed by atoms with Crippen molar-refractivity contribution in [3.63, 3.8) is 0 Å². The Bertz CT molecular complexity index is 1620. The third-order valence-electron chi connectivity index (χ3n) is 10.1. The Kier molecular flexibility index (Phi) is 11.8. The molecule has 0 spiro atoms. The normalized spacial score (nSPS) is 13.3. The number of nitrogens with zero attached hydrogens (tertiary/aromatic N) is 2. The first kappa shape index (κ1) is 34.3. The topological polar surface area (TPSA) is 6.48 Å². The Balaban J connectivity index is 1.65. The molecule has 0 amide bonds. The van der Waals surface area contributed by atoms with Crippen molar-refractivity contribution in [3.8, 4) is 11.1 Å². The van der Waals surface area contributed by atoms with Gasteiger partial charge in [0.1, 0.15) is 0 Å².